The average Bonchev–Trinajstić information content (AvgIpc) is 2.17. The molecular formula is C12H22BrNO. The number of amides is 1. The van der Waals surface area contributed by atoms with Crippen LogP contribution in [-0.4, -0.2) is 29.2 Å². The van der Waals surface area contributed by atoms with Gasteiger partial charge >= 0.3 is 0 Å². The summed E-state index contributed by atoms with van der Waals surface area (Å²) < 4.78 is 0. The largest absolute Gasteiger partial charge is 0.344 e. The Balaban J connectivity index is 2.39. The molecule has 1 fully saturated rings. The van der Waals surface area contributed by atoms with Gasteiger partial charge in [-0.15, -0.1) is 0 Å². The molecule has 1 rings (SSSR count). The topological polar surface area (TPSA) is 20.3 Å². The standard InChI is InChI=1S/C12H22BrNO/c1-9-4-6-11(7-5-9)12(15)14(3)8-10(2)13/h9-11H,4-8H2,1-3H3. The van der Waals surface area contributed by atoms with Gasteiger partial charge in [-0.3, -0.25) is 4.79 Å². The van der Waals surface area contributed by atoms with Crippen molar-refractivity contribution in [3.8, 4) is 0 Å². The summed E-state index contributed by atoms with van der Waals surface area (Å²) in [4.78, 5) is 14.3. The van der Waals surface area contributed by atoms with Crippen LogP contribution < -0.4 is 0 Å². The summed E-state index contributed by atoms with van der Waals surface area (Å²) in [6, 6.07) is 0. The zero-order valence-corrected chi connectivity index (χ0v) is 11.6. The third-order valence-electron chi connectivity index (χ3n) is 3.27. The minimum Gasteiger partial charge on any atom is -0.344 e. The lowest BCUT2D eigenvalue weighted by Gasteiger charge is -2.29. The zero-order valence-electron chi connectivity index (χ0n) is 10.0. The number of alkyl halides is 1. The first-order chi connectivity index (χ1) is 7.00. The van der Waals surface area contributed by atoms with E-state index in [4.69, 9.17) is 0 Å². The SMILES string of the molecule is CC(Br)CN(C)C(=O)C1CCC(C)CC1. The maximum absolute atomic E-state index is 12.0. The zero-order chi connectivity index (χ0) is 11.4. The molecule has 0 radical (unpaired) electrons. The molecule has 0 aromatic heterocycles. The highest BCUT2D eigenvalue weighted by molar-refractivity contribution is 9.09. The maximum Gasteiger partial charge on any atom is 0.225 e. The molecule has 1 aliphatic carbocycles. The van der Waals surface area contributed by atoms with Gasteiger partial charge in [-0.05, 0) is 31.6 Å². The molecule has 0 spiro atoms. The molecule has 0 saturated heterocycles. The van der Waals surface area contributed by atoms with Crippen molar-refractivity contribution in [2.75, 3.05) is 13.6 Å². The van der Waals surface area contributed by atoms with E-state index in [2.05, 4.69) is 29.8 Å². The summed E-state index contributed by atoms with van der Waals surface area (Å²) in [7, 11) is 1.91. The van der Waals surface area contributed by atoms with Crippen molar-refractivity contribution in [3.63, 3.8) is 0 Å². The fourth-order valence-corrected chi connectivity index (χ4v) is 2.72. The van der Waals surface area contributed by atoms with E-state index < -0.39 is 0 Å². The van der Waals surface area contributed by atoms with Gasteiger partial charge in [0.25, 0.3) is 0 Å². The van der Waals surface area contributed by atoms with E-state index in [9.17, 15) is 4.79 Å². The first-order valence-electron chi connectivity index (χ1n) is 5.89. The number of halogens is 1. The van der Waals surface area contributed by atoms with Gasteiger partial charge in [-0.25, -0.2) is 0 Å². The van der Waals surface area contributed by atoms with Crippen LogP contribution in [0.25, 0.3) is 0 Å². The fourth-order valence-electron chi connectivity index (χ4n) is 2.29. The second-order valence-electron chi connectivity index (χ2n) is 4.96. The summed E-state index contributed by atoms with van der Waals surface area (Å²) in [5.41, 5.74) is 0. The molecule has 0 bridgehead atoms. The van der Waals surface area contributed by atoms with Crippen LogP contribution in [0.3, 0.4) is 0 Å². The Morgan fingerprint density at radius 2 is 1.93 bits per heavy atom. The lowest BCUT2D eigenvalue weighted by molar-refractivity contribution is -0.135. The number of carbonyl (C=O) groups excluding carboxylic acids is 1. The lowest BCUT2D eigenvalue weighted by atomic mass is 9.82. The van der Waals surface area contributed by atoms with Crippen LogP contribution in [-0.2, 0) is 4.79 Å². The van der Waals surface area contributed by atoms with Gasteiger partial charge < -0.3 is 4.90 Å². The third-order valence-corrected chi connectivity index (χ3v) is 3.56. The Bertz CT molecular complexity index is 210. The van der Waals surface area contributed by atoms with Gasteiger partial charge in [0, 0.05) is 24.3 Å². The molecule has 1 saturated carbocycles. The Morgan fingerprint density at radius 1 is 1.40 bits per heavy atom. The van der Waals surface area contributed by atoms with Crippen molar-refractivity contribution in [1.82, 2.24) is 4.90 Å². The third kappa shape index (κ3) is 4.13. The molecule has 88 valence electrons. The van der Waals surface area contributed by atoms with Crippen molar-refractivity contribution in [1.29, 1.82) is 0 Å². The number of carbonyl (C=O) groups is 1. The van der Waals surface area contributed by atoms with E-state index in [0.29, 0.717) is 10.7 Å². The smallest absolute Gasteiger partial charge is 0.225 e. The Labute approximate surface area is 102 Å². The van der Waals surface area contributed by atoms with E-state index >= 15 is 0 Å². The normalized spacial score (nSPS) is 28.5. The van der Waals surface area contributed by atoms with E-state index in [1.165, 1.54) is 12.8 Å². The molecule has 3 heteroatoms. The molecule has 15 heavy (non-hydrogen) atoms. The van der Waals surface area contributed by atoms with Crippen LogP contribution in [0.5, 0.6) is 0 Å². The summed E-state index contributed by atoms with van der Waals surface area (Å²) in [5, 5.41) is 0. The van der Waals surface area contributed by atoms with Crippen molar-refractivity contribution < 1.29 is 4.79 Å². The molecule has 0 N–H and O–H groups in total. The highest BCUT2D eigenvalue weighted by Gasteiger charge is 2.26. The van der Waals surface area contributed by atoms with Crippen molar-refractivity contribution >= 4 is 21.8 Å². The molecule has 0 aromatic rings. The van der Waals surface area contributed by atoms with Gasteiger partial charge in [0.15, 0.2) is 0 Å². The highest BCUT2D eigenvalue weighted by atomic mass is 79.9. The summed E-state index contributed by atoms with van der Waals surface area (Å²) in [6.07, 6.45) is 4.60. The average molecular weight is 276 g/mol. The number of rotatable bonds is 3. The lowest BCUT2D eigenvalue weighted by Crippen LogP contribution is -2.37. The van der Waals surface area contributed by atoms with E-state index in [1.54, 1.807) is 0 Å². The van der Waals surface area contributed by atoms with E-state index in [-0.39, 0.29) is 5.92 Å². The number of hydrogen-bond acceptors (Lipinski definition) is 1. The van der Waals surface area contributed by atoms with Gasteiger partial charge in [0.1, 0.15) is 0 Å². The van der Waals surface area contributed by atoms with Gasteiger partial charge in [-0.2, -0.15) is 0 Å². The van der Waals surface area contributed by atoms with Crippen molar-refractivity contribution in [2.45, 2.75) is 44.4 Å². The molecule has 0 aliphatic heterocycles. The molecule has 1 aliphatic rings. The Kier molecular flexibility index (Phi) is 5.10. The van der Waals surface area contributed by atoms with Crippen LogP contribution in [0.4, 0.5) is 0 Å². The van der Waals surface area contributed by atoms with Crippen LogP contribution >= 0.6 is 15.9 Å². The minimum absolute atomic E-state index is 0.289. The predicted molar refractivity (Wildman–Crippen MR) is 67.1 cm³/mol. The molecule has 1 atom stereocenters. The summed E-state index contributed by atoms with van der Waals surface area (Å²) in [5.74, 6) is 1.44. The highest BCUT2D eigenvalue weighted by Crippen LogP contribution is 2.29. The number of nitrogens with zero attached hydrogens (tertiary/aromatic N) is 1. The van der Waals surface area contributed by atoms with Crippen molar-refractivity contribution in [3.05, 3.63) is 0 Å². The molecule has 1 amide bonds. The molecule has 0 heterocycles. The molecule has 1 unspecified atom stereocenters. The second-order valence-corrected chi connectivity index (χ2v) is 6.52. The predicted octanol–water partition coefficient (Wildman–Crippen LogP) is 3.05. The van der Waals surface area contributed by atoms with Gasteiger partial charge in [0.2, 0.25) is 5.91 Å². The minimum atomic E-state index is 0.289. The van der Waals surface area contributed by atoms with Gasteiger partial charge in [-0.1, -0.05) is 29.8 Å². The van der Waals surface area contributed by atoms with Crippen molar-refractivity contribution in [2.24, 2.45) is 11.8 Å². The van der Waals surface area contributed by atoms with Crippen LogP contribution in [0, 0.1) is 11.8 Å². The fraction of sp³-hybridized carbons (Fsp3) is 0.917. The maximum atomic E-state index is 12.0. The Hall–Kier alpha value is -0.0500. The summed E-state index contributed by atoms with van der Waals surface area (Å²) >= 11 is 3.48. The second kappa shape index (κ2) is 5.88. The van der Waals surface area contributed by atoms with E-state index in [1.807, 2.05) is 11.9 Å². The molecular weight excluding hydrogens is 254 g/mol. The quantitative estimate of drug-likeness (QED) is 0.725. The van der Waals surface area contributed by atoms with Gasteiger partial charge in [0.05, 0.1) is 0 Å². The van der Waals surface area contributed by atoms with Crippen LogP contribution in [0.1, 0.15) is 39.5 Å². The summed E-state index contributed by atoms with van der Waals surface area (Å²) in [6.45, 7) is 5.17. The molecule has 0 aromatic carbocycles. The first kappa shape index (κ1) is 13.0. The van der Waals surface area contributed by atoms with Crippen LogP contribution in [0.15, 0.2) is 0 Å². The Morgan fingerprint density at radius 3 is 2.40 bits per heavy atom. The van der Waals surface area contributed by atoms with E-state index in [0.717, 1.165) is 25.3 Å². The number of hydrogen-bond donors (Lipinski definition) is 0. The molecule has 2 nitrogen and oxygen atoms in total. The first-order valence-corrected chi connectivity index (χ1v) is 6.81. The monoisotopic (exact) mass is 275 g/mol. The van der Waals surface area contributed by atoms with Crippen LogP contribution in [0.2, 0.25) is 0 Å².